The topological polar surface area (TPSA) is 21.3 Å². The molecule has 1 aliphatic rings. The average molecular weight is 209 g/mol. The molecule has 0 aromatic heterocycles. The van der Waals surface area contributed by atoms with E-state index in [1.165, 1.54) is 5.57 Å². The van der Waals surface area contributed by atoms with Gasteiger partial charge in [-0.3, -0.25) is 0 Å². The molecule has 0 saturated carbocycles. The summed E-state index contributed by atoms with van der Waals surface area (Å²) >= 11 is 0. The Hall–Kier alpha value is -0.760. The van der Waals surface area contributed by atoms with E-state index in [1.54, 1.807) is 0 Å². The second-order valence-corrected chi connectivity index (χ2v) is 4.34. The normalized spacial score (nSPS) is 21.9. The highest BCUT2D eigenvalue weighted by molar-refractivity contribution is 5.08. The third kappa shape index (κ3) is 5.03. The quantitative estimate of drug-likeness (QED) is 0.703. The fraction of sp³-hybridized carbons (Fsp3) is 0.692. The van der Waals surface area contributed by atoms with Crippen molar-refractivity contribution in [1.29, 1.82) is 0 Å². The van der Waals surface area contributed by atoms with E-state index in [1.807, 2.05) is 6.26 Å². The van der Waals surface area contributed by atoms with Gasteiger partial charge in [-0.25, -0.2) is 0 Å². The summed E-state index contributed by atoms with van der Waals surface area (Å²) in [6, 6.07) is 0.548. The number of nitrogens with one attached hydrogen (secondary N) is 1. The van der Waals surface area contributed by atoms with Crippen LogP contribution in [0.3, 0.4) is 0 Å². The van der Waals surface area contributed by atoms with Gasteiger partial charge < -0.3 is 10.1 Å². The van der Waals surface area contributed by atoms with Gasteiger partial charge in [0.1, 0.15) is 6.10 Å². The van der Waals surface area contributed by atoms with Crippen LogP contribution in [0.4, 0.5) is 0 Å². The smallest absolute Gasteiger partial charge is 0.117 e. The zero-order chi connectivity index (χ0) is 11.1. The lowest BCUT2D eigenvalue weighted by molar-refractivity contribution is 0.164. The van der Waals surface area contributed by atoms with Gasteiger partial charge in [0.2, 0.25) is 0 Å². The van der Waals surface area contributed by atoms with Crippen LogP contribution >= 0.6 is 0 Å². The number of ether oxygens (including phenoxy) is 1. The molecule has 1 aliphatic heterocycles. The Labute approximate surface area is 93.4 Å². The molecule has 0 amide bonds. The molecule has 2 nitrogen and oxygen atoms in total. The van der Waals surface area contributed by atoms with Crippen molar-refractivity contribution in [3.8, 4) is 0 Å². The van der Waals surface area contributed by atoms with Crippen LogP contribution in [-0.2, 0) is 4.74 Å². The molecule has 0 fully saturated rings. The number of allylic oxidation sites excluding steroid dienone is 1. The van der Waals surface area contributed by atoms with Crippen LogP contribution in [0.15, 0.2) is 24.0 Å². The third-order valence-electron chi connectivity index (χ3n) is 2.58. The maximum atomic E-state index is 5.53. The molecular formula is C13H23NO. The first-order valence-corrected chi connectivity index (χ1v) is 5.95. The summed E-state index contributed by atoms with van der Waals surface area (Å²) in [6.45, 7) is 7.53. The summed E-state index contributed by atoms with van der Waals surface area (Å²) in [7, 11) is 0. The fourth-order valence-electron chi connectivity index (χ4n) is 1.58. The predicted octanol–water partition coefficient (Wildman–Crippen LogP) is 3.01. The van der Waals surface area contributed by atoms with E-state index in [0.717, 1.165) is 25.8 Å². The zero-order valence-corrected chi connectivity index (χ0v) is 10.1. The minimum atomic E-state index is 0.291. The van der Waals surface area contributed by atoms with Crippen LogP contribution in [0.1, 0.15) is 40.0 Å². The largest absolute Gasteiger partial charge is 0.494 e. The SMILES string of the molecule is CCC(=CC1CCC=CO1)CNC(C)C. The van der Waals surface area contributed by atoms with Gasteiger partial charge in [0.05, 0.1) is 6.26 Å². The van der Waals surface area contributed by atoms with Gasteiger partial charge in [-0.05, 0) is 31.4 Å². The summed E-state index contributed by atoms with van der Waals surface area (Å²) in [5.41, 5.74) is 1.45. The van der Waals surface area contributed by atoms with Crippen molar-refractivity contribution in [3.63, 3.8) is 0 Å². The first kappa shape index (κ1) is 12.3. The lowest BCUT2D eigenvalue weighted by atomic mass is 10.1. The van der Waals surface area contributed by atoms with Gasteiger partial charge in [0.25, 0.3) is 0 Å². The van der Waals surface area contributed by atoms with Gasteiger partial charge in [0, 0.05) is 12.6 Å². The van der Waals surface area contributed by atoms with Crippen LogP contribution in [0, 0.1) is 0 Å². The summed E-state index contributed by atoms with van der Waals surface area (Å²) in [5.74, 6) is 0. The molecular weight excluding hydrogens is 186 g/mol. The van der Waals surface area contributed by atoms with Gasteiger partial charge in [-0.2, -0.15) is 0 Å². The standard InChI is InChI=1S/C13H23NO/c1-4-12(10-14-11(2)3)9-13-7-5-6-8-15-13/h6,8-9,11,13-14H,4-5,7,10H2,1-3H3. The molecule has 1 unspecified atom stereocenters. The second kappa shape index (κ2) is 6.67. The number of rotatable bonds is 5. The van der Waals surface area contributed by atoms with Crippen LogP contribution in [0.25, 0.3) is 0 Å². The maximum Gasteiger partial charge on any atom is 0.117 e. The first-order valence-electron chi connectivity index (χ1n) is 5.95. The van der Waals surface area contributed by atoms with Gasteiger partial charge in [-0.1, -0.05) is 26.3 Å². The summed E-state index contributed by atoms with van der Waals surface area (Å²) in [5, 5.41) is 3.44. The molecule has 86 valence electrons. The van der Waals surface area contributed by atoms with Crippen LogP contribution in [0.5, 0.6) is 0 Å². The van der Waals surface area contributed by atoms with Crippen LogP contribution in [-0.4, -0.2) is 18.7 Å². The van der Waals surface area contributed by atoms with E-state index in [4.69, 9.17) is 4.74 Å². The van der Waals surface area contributed by atoms with Gasteiger partial charge >= 0.3 is 0 Å². The van der Waals surface area contributed by atoms with Gasteiger partial charge in [0.15, 0.2) is 0 Å². The highest BCUT2D eigenvalue weighted by atomic mass is 16.5. The van der Waals surface area contributed by atoms with Crippen molar-refractivity contribution in [2.24, 2.45) is 0 Å². The Morgan fingerprint density at radius 2 is 2.40 bits per heavy atom. The molecule has 0 spiro atoms. The Balaban J connectivity index is 2.41. The molecule has 0 radical (unpaired) electrons. The molecule has 15 heavy (non-hydrogen) atoms. The summed E-state index contributed by atoms with van der Waals surface area (Å²) in [4.78, 5) is 0. The Morgan fingerprint density at radius 1 is 1.60 bits per heavy atom. The summed E-state index contributed by atoms with van der Waals surface area (Å²) in [6.07, 6.45) is 9.83. The van der Waals surface area contributed by atoms with Crippen LogP contribution in [0.2, 0.25) is 0 Å². The van der Waals surface area contributed by atoms with E-state index < -0.39 is 0 Å². The van der Waals surface area contributed by atoms with E-state index in [2.05, 4.69) is 38.2 Å². The molecule has 0 bridgehead atoms. The third-order valence-corrected chi connectivity index (χ3v) is 2.58. The average Bonchev–Trinajstić information content (AvgIpc) is 2.25. The molecule has 0 aromatic rings. The van der Waals surface area contributed by atoms with E-state index in [-0.39, 0.29) is 0 Å². The molecule has 1 rings (SSSR count). The predicted molar refractivity (Wildman–Crippen MR) is 64.8 cm³/mol. The molecule has 1 N–H and O–H groups in total. The maximum absolute atomic E-state index is 5.53. The van der Waals surface area contributed by atoms with E-state index >= 15 is 0 Å². The zero-order valence-electron chi connectivity index (χ0n) is 10.1. The Morgan fingerprint density at radius 3 is 2.93 bits per heavy atom. The molecule has 0 saturated heterocycles. The first-order chi connectivity index (χ1) is 7.22. The molecule has 0 aromatic carbocycles. The molecule has 1 heterocycles. The number of hydrogen-bond acceptors (Lipinski definition) is 2. The minimum Gasteiger partial charge on any atom is -0.494 e. The van der Waals surface area contributed by atoms with Crippen molar-refractivity contribution in [2.45, 2.75) is 52.2 Å². The van der Waals surface area contributed by atoms with Crippen molar-refractivity contribution >= 4 is 0 Å². The monoisotopic (exact) mass is 209 g/mol. The number of hydrogen-bond donors (Lipinski definition) is 1. The highest BCUT2D eigenvalue weighted by Gasteiger charge is 2.08. The lowest BCUT2D eigenvalue weighted by Crippen LogP contribution is -2.25. The van der Waals surface area contributed by atoms with E-state index in [0.29, 0.717) is 12.1 Å². The highest BCUT2D eigenvalue weighted by Crippen LogP contribution is 2.14. The summed E-state index contributed by atoms with van der Waals surface area (Å²) < 4.78 is 5.53. The van der Waals surface area contributed by atoms with E-state index in [9.17, 15) is 0 Å². The minimum absolute atomic E-state index is 0.291. The van der Waals surface area contributed by atoms with Crippen molar-refractivity contribution in [1.82, 2.24) is 5.32 Å². The molecule has 1 atom stereocenters. The van der Waals surface area contributed by atoms with Crippen LogP contribution < -0.4 is 5.32 Å². The van der Waals surface area contributed by atoms with Gasteiger partial charge in [-0.15, -0.1) is 0 Å². The second-order valence-electron chi connectivity index (χ2n) is 4.34. The Kier molecular flexibility index (Phi) is 5.48. The fourth-order valence-corrected chi connectivity index (χ4v) is 1.58. The van der Waals surface area contributed by atoms with Crippen molar-refractivity contribution < 1.29 is 4.74 Å². The van der Waals surface area contributed by atoms with Crippen molar-refractivity contribution in [3.05, 3.63) is 24.0 Å². The Bertz CT molecular complexity index is 231. The molecule has 0 aliphatic carbocycles. The lowest BCUT2D eigenvalue weighted by Gasteiger charge is -2.18. The van der Waals surface area contributed by atoms with Crippen molar-refractivity contribution in [2.75, 3.05) is 6.54 Å². The molecule has 2 heteroatoms.